The summed E-state index contributed by atoms with van der Waals surface area (Å²) in [6.45, 7) is 0. The highest BCUT2D eigenvalue weighted by Crippen LogP contribution is 2.20. The first kappa shape index (κ1) is 14.0. The van der Waals surface area contributed by atoms with Gasteiger partial charge in [-0.25, -0.2) is 4.39 Å². The van der Waals surface area contributed by atoms with Crippen molar-refractivity contribution in [3.8, 4) is 5.75 Å². The van der Waals surface area contributed by atoms with Gasteiger partial charge in [0.15, 0.2) is 11.6 Å². The first-order valence-electron chi connectivity index (χ1n) is 6.07. The van der Waals surface area contributed by atoms with Crippen molar-refractivity contribution in [3.05, 3.63) is 41.7 Å². The van der Waals surface area contributed by atoms with Gasteiger partial charge in [-0.1, -0.05) is 12.2 Å². The normalized spacial score (nSPS) is 20.7. The second kappa shape index (κ2) is 5.73. The number of rotatable bonds is 4. The molecular weight excluding hydrogens is 265 g/mol. The SMILES string of the molecule is COc1ccc(C(=O)NC2C=CC(C(=O)O)C2)cc1F. The van der Waals surface area contributed by atoms with E-state index in [9.17, 15) is 14.0 Å². The summed E-state index contributed by atoms with van der Waals surface area (Å²) in [5.74, 6) is -2.52. The quantitative estimate of drug-likeness (QED) is 0.821. The molecule has 2 atom stereocenters. The van der Waals surface area contributed by atoms with Crippen LogP contribution in [0, 0.1) is 11.7 Å². The second-order valence-corrected chi connectivity index (χ2v) is 4.49. The Balaban J connectivity index is 2.01. The summed E-state index contributed by atoms with van der Waals surface area (Å²) in [5.41, 5.74) is 0.162. The lowest BCUT2D eigenvalue weighted by atomic mass is 10.1. The fraction of sp³-hybridized carbons (Fsp3) is 0.286. The number of hydrogen-bond donors (Lipinski definition) is 2. The Kier molecular flexibility index (Phi) is 4.02. The molecule has 106 valence electrons. The van der Waals surface area contributed by atoms with Crippen LogP contribution in [-0.4, -0.2) is 30.1 Å². The van der Waals surface area contributed by atoms with Crippen LogP contribution in [0.3, 0.4) is 0 Å². The van der Waals surface area contributed by atoms with Crippen molar-refractivity contribution in [2.75, 3.05) is 7.11 Å². The Hall–Kier alpha value is -2.37. The largest absolute Gasteiger partial charge is 0.494 e. The number of carbonyl (C=O) groups is 2. The third-order valence-electron chi connectivity index (χ3n) is 3.13. The molecule has 1 aromatic rings. The summed E-state index contributed by atoms with van der Waals surface area (Å²) in [4.78, 5) is 22.7. The molecule has 0 heterocycles. The van der Waals surface area contributed by atoms with Crippen molar-refractivity contribution in [2.45, 2.75) is 12.5 Å². The average Bonchev–Trinajstić information content (AvgIpc) is 2.87. The van der Waals surface area contributed by atoms with Crippen LogP contribution in [0.2, 0.25) is 0 Å². The van der Waals surface area contributed by atoms with Gasteiger partial charge >= 0.3 is 5.97 Å². The molecule has 20 heavy (non-hydrogen) atoms. The van der Waals surface area contributed by atoms with Crippen LogP contribution < -0.4 is 10.1 Å². The summed E-state index contributed by atoms with van der Waals surface area (Å²) in [6.07, 6.45) is 3.48. The van der Waals surface area contributed by atoms with Crippen molar-refractivity contribution in [1.82, 2.24) is 5.32 Å². The monoisotopic (exact) mass is 279 g/mol. The van der Waals surface area contributed by atoms with Gasteiger partial charge in [0.25, 0.3) is 5.91 Å². The molecule has 2 rings (SSSR count). The first-order valence-corrected chi connectivity index (χ1v) is 6.07. The highest BCUT2D eigenvalue weighted by atomic mass is 19.1. The molecular formula is C14H14FNO4. The van der Waals surface area contributed by atoms with E-state index >= 15 is 0 Å². The van der Waals surface area contributed by atoms with Crippen molar-refractivity contribution in [3.63, 3.8) is 0 Å². The highest BCUT2D eigenvalue weighted by Gasteiger charge is 2.25. The van der Waals surface area contributed by atoms with Crippen LogP contribution in [0.5, 0.6) is 5.75 Å². The molecule has 0 radical (unpaired) electrons. The molecule has 2 N–H and O–H groups in total. The molecule has 1 amide bonds. The van der Waals surface area contributed by atoms with Crippen LogP contribution in [-0.2, 0) is 4.79 Å². The molecule has 1 aliphatic carbocycles. The number of aliphatic carboxylic acids is 1. The van der Waals surface area contributed by atoms with Gasteiger partial charge < -0.3 is 15.2 Å². The van der Waals surface area contributed by atoms with Gasteiger partial charge in [-0.05, 0) is 24.6 Å². The van der Waals surface area contributed by atoms with E-state index < -0.39 is 23.6 Å². The third kappa shape index (κ3) is 2.96. The summed E-state index contributed by atoms with van der Waals surface area (Å²) >= 11 is 0. The topological polar surface area (TPSA) is 75.6 Å². The van der Waals surface area contributed by atoms with Gasteiger partial charge in [-0.3, -0.25) is 9.59 Å². The molecule has 0 saturated heterocycles. The lowest BCUT2D eigenvalue weighted by Crippen LogP contribution is -2.33. The number of halogens is 1. The lowest BCUT2D eigenvalue weighted by Gasteiger charge is -2.12. The minimum absolute atomic E-state index is 0.0632. The number of nitrogens with one attached hydrogen (secondary N) is 1. The van der Waals surface area contributed by atoms with Gasteiger partial charge in [-0.2, -0.15) is 0 Å². The Morgan fingerprint density at radius 3 is 2.70 bits per heavy atom. The van der Waals surface area contributed by atoms with Crippen LogP contribution in [0.15, 0.2) is 30.4 Å². The number of ether oxygens (including phenoxy) is 1. The molecule has 1 aromatic carbocycles. The van der Waals surface area contributed by atoms with E-state index in [1.54, 1.807) is 12.2 Å². The van der Waals surface area contributed by atoms with Gasteiger partial charge in [-0.15, -0.1) is 0 Å². The smallest absolute Gasteiger partial charge is 0.310 e. The van der Waals surface area contributed by atoms with Crippen LogP contribution in [0.4, 0.5) is 4.39 Å². The zero-order valence-electron chi connectivity index (χ0n) is 10.8. The molecule has 0 bridgehead atoms. The van der Waals surface area contributed by atoms with Crippen molar-refractivity contribution < 1.29 is 23.8 Å². The predicted octanol–water partition coefficient (Wildman–Crippen LogP) is 1.59. The number of carbonyl (C=O) groups excluding carboxylic acids is 1. The summed E-state index contributed by atoms with van der Waals surface area (Å²) in [7, 11) is 1.34. The maximum Gasteiger partial charge on any atom is 0.310 e. The number of amides is 1. The van der Waals surface area contributed by atoms with E-state index in [-0.39, 0.29) is 17.4 Å². The Morgan fingerprint density at radius 1 is 1.40 bits per heavy atom. The Morgan fingerprint density at radius 2 is 2.15 bits per heavy atom. The van der Waals surface area contributed by atoms with Gasteiger partial charge in [0, 0.05) is 11.6 Å². The third-order valence-corrected chi connectivity index (χ3v) is 3.13. The zero-order chi connectivity index (χ0) is 14.7. The summed E-state index contributed by atoms with van der Waals surface area (Å²) in [6, 6.07) is 3.55. The number of methoxy groups -OCH3 is 1. The lowest BCUT2D eigenvalue weighted by molar-refractivity contribution is -0.140. The molecule has 0 aromatic heterocycles. The van der Waals surface area contributed by atoms with E-state index in [2.05, 4.69) is 5.32 Å². The maximum absolute atomic E-state index is 13.5. The summed E-state index contributed by atoms with van der Waals surface area (Å²) in [5, 5.41) is 11.5. The second-order valence-electron chi connectivity index (χ2n) is 4.49. The summed E-state index contributed by atoms with van der Waals surface area (Å²) < 4.78 is 18.3. The minimum atomic E-state index is -0.923. The molecule has 5 nitrogen and oxygen atoms in total. The molecule has 0 fully saturated rings. The minimum Gasteiger partial charge on any atom is -0.494 e. The average molecular weight is 279 g/mol. The maximum atomic E-state index is 13.5. The number of benzene rings is 1. The van der Waals surface area contributed by atoms with Crippen LogP contribution in [0.25, 0.3) is 0 Å². The van der Waals surface area contributed by atoms with Crippen LogP contribution in [0.1, 0.15) is 16.8 Å². The highest BCUT2D eigenvalue weighted by molar-refractivity contribution is 5.94. The number of carboxylic acids is 1. The van der Waals surface area contributed by atoms with Crippen molar-refractivity contribution in [1.29, 1.82) is 0 Å². The van der Waals surface area contributed by atoms with Crippen LogP contribution >= 0.6 is 0 Å². The predicted molar refractivity (Wildman–Crippen MR) is 69.1 cm³/mol. The fourth-order valence-electron chi connectivity index (χ4n) is 2.05. The number of carboxylic acid groups (broad SMARTS) is 1. The fourth-order valence-corrected chi connectivity index (χ4v) is 2.05. The first-order chi connectivity index (χ1) is 9.51. The van der Waals surface area contributed by atoms with Crippen molar-refractivity contribution in [2.24, 2.45) is 5.92 Å². The van der Waals surface area contributed by atoms with Gasteiger partial charge in [0.2, 0.25) is 0 Å². The van der Waals surface area contributed by atoms with Gasteiger partial charge in [0.1, 0.15) is 0 Å². The molecule has 2 unspecified atom stereocenters. The standard InChI is InChI=1S/C14H14FNO4/c1-20-12-5-3-8(7-11(12)15)13(17)16-10-4-2-9(6-10)14(18)19/h2-5,7,9-10H,6H2,1H3,(H,16,17)(H,18,19). The van der Waals surface area contributed by atoms with E-state index in [0.717, 1.165) is 6.07 Å². The van der Waals surface area contributed by atoms with E-state index in [0.29, 0.717) is 6.42 Å². The molecule has 1 aliphatic rings. The zero-order valence-corrected chi connectivity index (χ0v) is 10.8. The van der Waals surface area contributed by atoms with Crippen molar-refractivity contribution >= 4 is 11.9 Å². The van der Waals surface area contributed by atoms with E-state index in [1.807, 2.05) is 0 Å². The molecule has 0 saturated carbocycles. The molecule has 0 aliphatic heterocycles. The molecule has 6 heteroatoms. The Labute approximate surface area is 115 Å². The van der Waals surface area contributed by atoms with E-state index in [4.69, 9.17) is 9.84 Å². The molecule has 0 spiro atoms. The van der Waals surface area contributed by atoms with Gasteiger partial charge in [0.05, 0.1) is 13.0 Å². The van der Waals surface area contributed by atoms with E-state index in [1.165, 1.54) is 19.2 Å². The number of hydrogen-bond acceptors (Lipinski definition) is 3. The Bertz CT molecular complexity index is 570.